The van der Waals surface area contributed by atoms with Crippen molar-refractivity contribution >= 4 is 5.91 Å². The van der Waals surface area contributed by atoms with Gasteiger partial charge in [-0.05, 0) is 30.7 Å². The van der Waals surface area contributed by atoms with E-state index < -0.39 is 23.5 Å². The first-order valence-corrected chi connectivity index (χ1v) is 9.64. The van der Waals surface area contributed by atoms with Gasteiger partial charge in [0.1, 0.15) is 11.6 Å². The predicted octanol–water partition coefficient (Wildman–Crippen LogP) is 4.39. The van der Waals surface area contributed by atoms with Crippen LogP contribution in [0.5, 0.6) is 6.01 Å². The number of alkyl halides is 3. The lowest BCUT2D eigenvalue weighted by atomic mass is 10.1. The van der Waals surface area contributed by atoms with E-state index in [9.17, 15) is 22.4 Å². The highest BCUT2D eigenvalue weighted by molar-refractivity contribution is 5.94. The van der Waals surface area contributed by atoms with E-state index in [1.807, 2.05) is 0 Å². The number of amides is 1. The van der Waals surface area contributed by atoms with Crippen LogP contribution >= 0.6 is 0 Å². The lowest BCUT2D eigenvalue weighted by molar-refractivity contribution is -0.137. The number of carbonyl (C=O) groups excluding carboxylic acids is 1. The summed E-state index contributed by atoms with van der Waals surface area (Å²) in [6.45, 7) is 1.97. The maximum absolute atomic E-state index is 14.5. The van der Waals surface area contributed by atoms with Crippen LogP contribution in [-0.4, -0.2) is 46.5 Å². The van der Waals surface area contributed by atoms with Gasteiger partial charge in [-0.25, -0.2) is 9.37 Å². The summed E-state index contributed by atoms with van der Waals surface area (Å²) in [5, 5.41) is 0. The van der Waals surface area contributed by atoms with Gasteiger partial charge in [-0.3, -0.25) is 4.79 Å². The van der Waals surface area contributed by atoms with E-state index in [1.54, 1.807) is 6.92 Å². The van der Waals surface area contributed by atoms with Gasteiger partial charge in [-0.15, -0.1) is 0 Å². The summed E-state index contributed by atoms with van der Waals surface area (Å²) in [6, 6.07) is 8.73. The zero-order valence-electron chi connectivity index (χ0n) is 17.6. The Hall–Kier alpha value is -3.56. The number of aromatic nitrogens is 3. The highest BCUT2D eigenvalue weighted by Crippen LogP contribution is 2.30. The standard InChI is InChI=1S/C22H20F4N4O2/c1-4-32-21-28-18(11-13-6-5-7-15(10-13)22(24,25)26)27-19(29-21)14-8-9-16(17(23)12-14)20(31)30(2)3/h5-10,12H,4,11H2,1-3H3. The van der Waals surface area contributed by atoms with Gasteiger partial charge in [-0.2, -0.15) is 23.1 Å². The van der Waals surface area contributed by atoms with Gasteiger partial charge < -0.3 is 9.64 Å². The number of rotatable bonds is 6. The molecule has 0 aliphatic carbocycles. The highest BCUT2D eigenvalue weighted by atomic mass is 19.4. The van der Waals surface area contributed by atoms with Crippen LogP contribution in [0.1, 0.15) is 34.2 Å². The van der Waals surface area contributed by atoms with Crippen molar-refractivity contribution in [1.82, 2.24) is 19.9 Å². The van der Waals surface area contributed by atoms with Gasteiger partial charge in [0, 0.05) is 26.1 Å². The van der Waals surface area contributed by atoms with Gasteiger partial charge >= 0.3 is 12.2 Å². The summed E-state index contributed by atoms with van der Waals surface area (Å²) in [7, 11) is 3.02. The van der Waals surface area contributed by atoms with Gasteiger partial charge in [0.25, 0.3) is 5.91 Å². The van der Waals surface area contributed by atoms with Crippen molar-refractivity contribution in [1.29, 1.82) is 0 Å². The van der Waals surface area contributed by atoms with Crippen LogP contribution in [0.25, 0.3) is 11.4 Å². The highest BCUT2D eigenvalue weighted by Gasteiger charge is 2.30. The van der Waals surface area contributed by atoms with Crippen LogP contribution in [0.4, 0.5) is 17.6 Å². The van der Waals surface area contributed by atoms with Gasteiger partial charge in [0.05, 0.1) is 17.7 Å². The molecule has 1 aromatic heterocycles. The number of benzene rings is 2. The maximum Gasteiger partial charge on any atom is 0.416 e. The predicted molar refractivity (Wildman–Crippen MR) is 109 cm³/mol. The molecular formula is C22H20F4N4O2. The molecule has 0 radical (unpaired) electrons. The summed E-state index contributed by atoms with van der Waals surface area (Å²) >= 11 is 0. The minimum absolute atomic E-state index is 0.0147. The summed E-state index contributed by atoms with van der Waals surface area (Å²) in [4.78, 5) is 25.9. The molecule has 3 rings (SSSR count). The number of hydrogen-bond acceptors (Lipinski definition) is 5. The summed E-state index contributed by atoms with van der Waals surface area (Å²) < 4.78 is 58.9. The molecule has 0 unspecified atom stereocenters. The summed E-state index contributed by atoms with van der Waals surface area (Å²) in [5.74, 6) is -1.01. The molecule has 0 aliphatic rings. The van der Waals surface area contributed by atoms with Crippen LogP contribution in [0.2, 0.25) is 0 Å². The fraction of sp³-hybridized carbons (Fsp3) is 0.273. The second-order valence-corrected chi connectivity index (χ2v) is 7.06. The first kappa shape index (κ1) is 23.1. The Labute approximate surface area is 181 Å². The Balaban J connectivity index is 1.98. The van der Waals surface area contributed by atoms with Crippen LogP contribution in [0.15, 0.2) is 42.5 Å². The van der Waals surface area contributed by atoms with E-state index in [0.29, 0.717) is 5.56 Å². The van der Waals surface area contributed by atoms with E-state index in [1.165, 1.54) is 43.3 Å². The number of hydrogen-bond donors (Lipinski definition) is 0. The molecule has 0 fully saturated rings. The van der Waals surface area contributed by atoms with Gasteiger partial charge in [0.15, 0.2) is 5.82 Å². The van der Waals surface area contributed by atoms with E-state index in [0.717, 1.165) is 18.2 Å². The Kier molecular flexibility index (Phi) is 6.71. The molecule has 0 bridgehead atoms. The third-order valence-electron chi connectivity index (χ3n) is 4.42. The molecule has 1 heterocycles. The first-order chi connectivity index (χ1) is 15.1. The molecule has 1 amide bonds. The fourth-order valence-corrected chi connectivity index (χ4v) is 2.91. The lowest BCUT2D eigenvalue weighted by Crippen LogP contribution is -2.22. The quantitative estimate of drug-likeness (QED) is 0.524. The van der Waals surface area contributed by atoms with E-state index in [4.69, 9.17) is 4.74 Å². The minimum Gasteiger partial charge on any atom is -0.464 e. The van der Waals surface area contributed by atoms with Crippen LogP contribution < -0.4 is 4.74 Å². The Morgan fingerprint density at radius 3 is 2.44 bits per heavy atom. The van der Waals surface area contributed by atoms with E-state index in [2.05, 4.69) is 15.0 Å². The van der Waals surface area contributed by atoms with Crippen molar-refractivity contribution in [2.24, 2.45) is 0 Å². The topological polar surface area (TPSA) is 68.2 Å². The summed E-state index contributed by atoms with van der Waals surface area (Å²) in [6.07, 6.45) is -4.49. The maximum atomic E-state index is 14.5. The SMILES string of the molecule is CCOc1nc(Cc2cccc(C(F)(F)F)c2)nc(-c2ccc(C(=O)N(C)C)c(F)c2)n1. The normalized spacial score (nSPS) is 11.3. The first-order valence-electron chi connectivity index (χ1n) is 9.64. The van der Waals surface area contributed by atoms with Crippen molar-refractivity contribution in [2.45, 2.75) is 19.5 Å². The largest absolute Gasteiger partial charge is 0.464 e. The Morgan fingerprint density at radius 2 is 1.81 bits per heavy atom. The molecule has 168 valence electrons. The van der Waals surface area contributed by atoms with Gasteiger partial charge in [-0.1, -0.05) is 24.3 Å². The molecule has 6 nitrogen and oxygen atoms in total. The fourth-order valence-electron chi connectivity index (χ4n) is 2.91. The van der Waals surface area contributed by atoms with Crippen molar-refractivity contribution < 1.29 is 27.1 Å². The second-order valence-electron chi connectivity index (χ2n) is 7.06. The molecule has 10 heteroatoms. The number of carbonyl (C=O) groups is 1. The van der Waals surface area contributed by atoms with Crippen molar-refractivity contribution in [3.05, 3.63) is 70.8 Å². The zero-order valence-corrected chi connectivity index (χ0v) is 17.6. The van der Waals surface area contributed by atoms with Crippen LogP contribution in [0.3, 0.4) is 0 Å². The Bertz CT molecular complexity index is 1130. The summed E-state index contributed by atoms with van der Waals surface area (Å²) in [5.41, 5.74) is -0.274. The Morgan fingerprint density at radius 1 is 1.06 bits per heavy atom. The molecule has 0 spiro atoms. The van der Waals surface area contributed by atoms with Crippen LogP contribution in [0, 0.1) is 5.82 Å². The monoisotopic (exact) mass is 448 g/mol. The molecule has 0 atom stereocenters. The number of ether oxygens (including phenoxy) is 1. The third kappa shape index (κ3) is 5.37. The molecule has 0 saturated heterocycles. The molecule has 2 aromatic carbocycles. The molecule has 32 heavy (non-hydrogen) atoms. The molecule has 3 aromatic rings. The van der Waals surface area contributed by atoms with Crippen molar-refractivity contribution in [2.75, 3.05) is 20.7 Å². The van der Waals surface area contributed by atoms with Crippen molar-refractivity contribution in [3.63, 3.8) is 0 Å². The van der Waals surface area contributed by atoms with E-state index in [-0.39, 0.29) is 41.8 Å². The molecule has 0 saturated carbocycles. The second kappa shape index (κ2) is 9.29. The van der Waals surface area contributed by atoms with E-state index >= 15 is 0 Å². The van der Waals surface area contributed by atoms with Crippen LogP contribution in [-0.2, 0) is 12.6 Å². The minimum atomic E-state index is -4.47. The van der Waals surface area contributed by atoms with Gasteiger partial charge in [0.2, 0.25) is 0 Å². The zero-order chi connectivity index (χ0) is 23.5. The molecular weight excluding hydrogens is 428 g/mol. The molecule has 0 N–H and O–H groups in total. The number of nitrogens with zero attached hydrogens (tertiary/aromatic N) is 4. The average Bonchev–Trinajstić information content (AvgIpc) is 2.73. The molecule has 0 aliphatic heterocycles. The smallest absolute Gasteiger partial charge is 0.416 e. The lowest BCUT2D eigenvalue weighted by Gasteiger charge is -2.12. The third-order valence-corrected chi connectivity index (χ3v) is 4.42. The number of halogens is 4. The van der Waals surface area contributed by atoms with Crippen molar-refractivity contribution in [3.8, 4) is 17.4 Å². The average molecular weight is 448 g/mol.